The number of hydrogen-bond acceptors (Lipinski definition) is 4. The molecule has 0 bridgehead atoms. The largest absolute Gasteiger partial charge is 0.265 e. The number of aromatic nitrogens is 2. The third-order valence-corrected chi connectivity index (χ3v) is 4.20. The molecule has 1 aromatic heterocycles. The number of rotatable bonds is 3. The average Bonchev–Trinajstić information content (AvgIpc) is 2.25. The molecule has 1 N–H and O–H groups in total. The van der Waals surface area contributed by atoms with E-state index in [4.69, 9.17) is 11.6 Å². The van der Waals surface area contributed by atoms with E-state index in [1.807, 2.05) is 0 Å². The summed E-state index contributed by atoms with van der Waals surface area (Å²) in [5.41, 5.74) is 1.25. The average molecular weight is 316 g/mol. The van der Waals surface area contributed by atoms with E-state index in [1.165, 1.54) is 0 Å². The Morgan fingerprint density at radius 2 is 1.75 bits per heavy atom. The lowest BCUT2D eigenvalue weighted by Crippen LogP contribution is -2.16. The molecular weight excluding hydrogens is 305 g/mol. The van der Waals surface area contributed by atoms with Gasteiger partial charge in [0.15, 0.2) is 0 Å². The quantitative estimate of drug-likeness (QED) is 0.945. The minimum Gasteiger partial charge on any atom is -0.247 e. The van der Waals surface area contributed by atoms with Crippen LogP contribution in [0.5, 0.6) is 0 Å². The molecule has 0 unspecified atom stereocenters. The number of sulfonamides is 1. The zero-order valence-corrected chi connectivity index (χ0v) is 12.3. The van der Waals surface area contributed by atoms with Gasteiger partial charge in [0.25, 0.3) is 10.0 Å². The van der Waals surface area contributed by atoms with Crippen LogP contribution >= 0.6 is 11.6 Å². The highest BCUT2D eigenvalue weighted by Gasteiger charge is 2.19. The van der Waals surface area contributed by atoms with Crippen LogP contribution in [-0.4, -0.2) is 18.4 Å². The first-order valence-electron chi connectivity index (χ1n) is 5.58. The third-order valence-electron chi connectivity index (χ3n) is 2.39. The van der Waals surface area contributed by atoms with Crippen molar-refractivity contribution in [1.29, 1.82) is 0 Å². The van der Waals surface area contributed by atoms with Crippen LogP contribution in [-0.2, 0) is 10.0 Å². The van der Waals surface area contributed by atoms with Gasteiger partial charge in [0.05, 0.1) is 5.02 Å². The summed E-state index contributed by atoms with van der Waals surface area (Å²) in [5, 5.41) is -0.207. The maximum Gasteiger partial charge on any atom is 0.265 e. The zero-order valence-electron chi connectivity index (χ0n) is 10.7. The van der Waals surface area contributed by atoms with Crippen LogP contribution in [0.15, 0.2) is 29.2 Å². The summed E-state index contributed by atoms with van der Waals surface area (Å²) in [7, 11) is -3.97. The Bertz CT molecular complexity index is 745. The molecule has 0 saturated carbocycles. The van der Waals surface area contributed by atoms with E-state index in [9.17, 15) is 12.8 Å². The standard InChI is InChI=1S/C12H11ClFN3O2S/c1-7-5-8(2)16-12(15-7)17-20(18,19)11-4-3-9(14)6-10(11)13/h3-6H,1-2H3,(H,15,16,17). The Hall–Kier alpha value is -1.73. The number of halogens is 2. The Kier molecular flexibility index (Phi) is 3.92. The van der Waals surface area contributed by atoms with E-state index in [0.29, 0.717) is 11.4 Å². The number of nitrogens with one attached hydrogen (secondary N) is 1. The van der Waals surface area contributed by atoms with Crippen LogP contribution in [0.1, 0.15) is 11.4 Å². The van der Waals surface area contributed by atoms with Gasteiger partial charge in [-0.3, -0.25) is 0 Å². The van der Waals surface area contributed by atoms with Crippen molar-refractivity contribution in [3.63, 3.8) is 0 Å². The van der Waals surface area contributed by atoms with Crippen LogP contribution in [0, 0.1) is 19.7 Å². The molecule has 5 nitrogen and oxygen atoms in total. The Labute approximate surface area is 120 Å². The molecule has 2 aromatic rings. The van der Waals surface area contributed by atoms with Crippen LogP contribution in [0.4, 0.5) is 10.3 Å². The van der Waals surface area contributed by atoms with Gasteiger partial charge >= 0.3 is 0 Å². The first kappa shape index (κ1) is 14.7. The highest BCUT2D eigenvalue weighted by atomic mass is 35.5. The smallest absolute Gasteiger partial charge is 0.247 e. The number of nitrogens with zero attached hydrogens (tertiary/aromatic N) is 2. The summed E-state index contributed by atoms with van der Waals surface area (Å²) in [5.74, 6) is -0.667. The summed E-state index contributed by atoms with van der Waals surface area (Å²) in [6.45, 7) is 3.44. The summed E-state index contributed by atoms with van der Waals surface area (Å²) in [6.07, 6.45) is 0. The second-order valence-electron chi connectivity index (χ2n) is 4.15. The van der Waals surface area contributed by atoms with E-state index in [2.05, 4.69) is 14.7 Å². The van der Waals surface area contributed by atoms with Gasteiger partial charge in [0.2, 0.25) is 5.95 Å². The molecule has 106 valence electrons. The minimum atomic E-state index is -3.97. The molecule has 0 aliphatic rings. The van der Waals surface area contributed by atoms with Gasteiger partial charge in [0.1, 0.15) is 10.7 Å². The summed E-state index contributed by atoms with van der Waals surface area (Å²) < 4.78 is 39.5. The fourth-order valence-corrected chi connectivity index (χ4v) is 3.12. The molecule has 8 heteroatoms. The van der Waals surface area contributed by atoms with Crippen LogP contribution in [0.2, 0.25) is 5.02 Å². The Morgan fingerprint density at radius 1 is 1.15 bits per heavy atom. The van der Waals surface area contributed by atoms with Gasteiger partial charge in [0, 0.05) is 11.4 Å². The molecule has 2 rings (SSSR count). The zero-order chi connectivity index (χ0) is 14.9. The van der Waals surface area contributed by atoms with Gasteiger partial charge in [-0.2, -0.15) is 0 Å². The lowest BCUT2D eigenvalue weighted by Gasteiger charge is -2.09. The molecular formula is C12H11ClFN3O2S. The third kappa shape index (κ3) is 3.23. The van der Waals surface area contributed by atoms with Crippen molar-refractivity contribution in [1.82, 2.24) is 9.97 Å². The maximum absolute atomic E-state index is 12.9. The molecule has 1 heterocycles. The van der Waals surface area contributed by atoms with Crippen molar-refractivity contribution < 1.29 is 12.8 Å². The molecule has 1 aromatic carbocycles. The highest BCUT2D eigenvalue weighted by Crippen LogP contribution is 2.23. The second-order valence-corrected chi connectivity index (χ2v) is 6.21. The number of hydrogen-bond donors (Lipinski definition) is 1. The predicted molar refractivity (Wildman–Crippen MR) is 73.7 cm³/mol. The van der Waals surface area contributed by atoms with E-state index in [0.717, 1.165) is 18.2 Å². The predicted octanol–water partition coefficient (Wildman–Crippen LogP) is 2.69. The van der Waals surface area contributed by atoms with Crippen LogP contribution < -0.4 is 4.72 Å². The fraction of sp³-hybridized carbons (Fsp3) is 0.167. The van der Waals surface area contributed by atoms with Crippen LogP contribution in [0.3, 0.4) is 0 Å². The Balaban J connectivity index is 2.40. The summed E-state index contributed by atoms with van der Waals surface area (Å²) in [4.78, 5) is 7.71. The molecule has 0 aliphatic heterocycles. The topological polar surface area (TPSA) is 72.0 Å². The molecule has 0 atom stereocenters. The molecule has 20 heavy (non-hydrogen) atoms. The molecule has 0 amide bonds. The van der Waals surface area contributed by atoms with E-state index < -0.39 is 15.8 Å². The van der Waals surface area contributed by atoms with Crippen molar-refractivity contribution in [2.45, 2.75) is 18.7 Å². The number of aryl methyl sites for hydroxylation is 2. The van der Waals surface area contributed by atoms with Gasteiger partial charge in [-0.25, -0.2) is 27.5 Å². The SMILES string of the molecule is Cc1cc(C)nc(NS(=O)(=O)c2ccc(F)cc2Cl)n1. The monoisotopic (exact) mass is 315 g/mol. The van der Waals surface area contributed by atoms with Gasteiger partial charge in [-0.15, -0.1) is 0 Å². The molecule has 0 fully saturated rings. The van der Waals surface area contributed by atoms with Crippen molar-refractivity contribution >= 4 is 27.6 Å². The fourth-order valence-electron chi connectivity index (χ4n) is 1.64. The normalized spacial score (nSPS) is 11.4. The maximum atomic E-state index is 12.9. The summed E-state index contributed by atoms with van der Waals surface area (Å²) >= 11 is 5.74. The van der Waals surface area contributed by atoms with Crippen molar-refractivity contribution in [3.8, 4) is 0 Å². The minimum absolute atomic E-state index is 0.0529. The van der Waals surface area contributed by atoms with Gasteiger partial charge < -0.3 is 0 Å². The van der Waals surface area contributed by atoms with Crippen molar-refractivity contribution in [2.75, 3.05) is 4.72 Å². The second kappa shape index (κ2) is 5.34. The number of benzene rings is 1. The molecule has 0 radical (unpaired) electrons. The molecule has 0 spiro atoms. The first-order chi connectivity index (χ1) is 9.28. The van der Waals surface area contributed by atoms with E-state index in [-0.39, 0.29) is 15.9 Å². The van der Waals surface area contributed by atoms with Crippen molar-refractivity contribution in [2.24, 2.45) is 0 Å². The lowest BCUT2D eigenvalue weighted by molar-refractivity contribution is 0.599. The van der Waals surface area contributed by atoms with Gasteiger partial charge in [-0.05, 0) is 38.1 Å². The Morgan fingerprint density at radius 3 is 2.30 bits per heavy atom. The van der Waals surface area contributed by atoms with Crippen molar-refractivity contribution in [3.05, 3.63) is 46.5 Å². The molecule has 0 aliphatic carbocycles. The lowest BCUT2D eigenvalue weighted by atomic mass is 10.3. The van der Waals surface area contributed by atoms with E-state index >= 15 is 0 Å². The number of anilines is 1. The highest BCUT2D eigenvalue weighted by molar-refractivity contribution is 7.92. The molecule has 0 saturated heterocycles. The summed E-state index contributed by atoms with van der Waals surface area (Å²) in [6, 6.07) is 4.74. The first-order valence-corrected chi connectivity index (χ1v) is 7.44. The van der Waals surface area contributed by atoms with E-state index in [1.54, 1.807) is 19.9 Å². The van der Waals surface area contributed by atoms with Crippen LogP contribution in [0.25, 0.3) is 0 Å². The van der Waals surface area contributed by atoms with Gasteiger partial charge in [-0.1, -0.05) is 11.6 Å².